The summed E-state index contributed by atoms with van der Waals surface area (Å²) in [4.78, 5) is 10.7. The predicted octanol–water partition coefficient (Wildman–Crippen LogP) is 2.91. The van der Waals surface area contributed by atoms with E-state index in [1.807, 2.05) is 0 Å². The highest BCUT2D eigenvalue weighted by Gasteiger charge is 2.12. The quantitative estimate of drug-likeness (QED) is 0.818. The van der Waals surface area contributed by atoms with Crippen molar-refractivity contribution in [1.82, 2.24) is 0 Å². The van der Waals surface area contributed by atoms with Crippen LogP contribution in [0.1, 0.15) is 6.92 Å². The number of ether oxygens (including phenoxy) is 2. The largest absolute Gasteiger partial charge is 0.479 e. The van der Waals surface area contributed by atoms with E-state index in [0.717, 1.165) is 0 Å². The Morgan fingerprint density at radius 3 is 1.95 bits per heavy atom. The molecule has 0 aliphatic rings. The lowest BCUT2D eigenvalue weighted by atomic mass is 10.3. The third-order valence-corrected chi connectivity index (χ3v) is 2.60. The summed E-state index contributed by atoms with van der Waals surface area (Å²) < 4.78 is 10.8. The Labute approximate surface area is 116 Å². The molecule has 5 nitrogen and oxygen atoms in total. The van der Waals surface area contributed by atoms with Crippen LogP contribution >= 0.6 is 0 Å². The Balaban J connectivity index is 2.01. The van der Waals surface area contributed by atoms with Gasteiger partial charge in [-0.05, 0) is 55.5 Å². The minimum atomic E-state index is -1.01. The number of carboxylic acids is 1. The van der Waals surface area contributed by atoms with Crippen LogP contribution in [0.2, 0.25) is 0 Å². The van der Waals surface area contributed by atoms with Crippen molar-refractivity contribution in [3.05, 3.63) is 48.5 Å². The van der Waals surface area contributed by atoms with Crippen LogP contribution in [0.5, 0.6) is 17.2 Å². The number of carbonyl (C=O) groups is 1. The number of carboxylic acid groups (broad SMARTS) is 1. The molecule has 5 heteroatoms. The van der Waals surface area contributed by atoms with Crippen molar-refractivity contribution in [3.8, 4) is 17.2 Å². The summed E-state index contributed by atoms with van der Waals surface area (Å²) in [6, 6.07) is 13.8. The number of rotatable bonds is 5. The molecule has 0 bridgehead atoms. The molecule has 0 saturated carbocycles. The van der Waals surface area contributed by atoms with E-state index in [0.29, 0.717) is 22.9 Å². The van der Waals surface area contributed by atoms with E-state index in [-0.39, 0.29) is 0 Å². The van der Waals surface area contributed by atoms with Crippen molar-refractivity contribution < 1.29 is 19.4 Å². The van der Waals surface area contributed by atoms with Gasteiger partial charge in [0.25, 0.3) is 0 Å². The van der Waals surface area contributed by atoms with Crippen LogP contribution in [0.4, 0.5) is 5.69 Å². The number of benzene rings is 2. The van der Waals surface area contributed by atoms with E-state index in [1.54, 1.807) is 48.5 Å². The maximum atomic E-state index is 10.7. The van der Waals surface area contributed by atoms with Gasteiger partial charge in [0.1, 0.15) is 17.2 Å². The molecular weight excluding hydrogens is 258 g/mol. The van der Waals surface area contributed by atoms with Crippen molar-refractivity contribution in [1.29, 1.82) is 0 Å². The SMILES string of the molecule is CC(Oc1ccc(Oc2ccc(N)cc2)cc1)C(=O)O. The zero-order valence-electron chi connectivity index (χ0n) is 10.9. The molecule has 0 fully saturated rings. The summed E-state index contributed by atoms with van der Waals surface area (Å²) in [5, 5.41) is 8.76. The standard InChI is InChI=1S/C15H15NO4/c1-10(15(17)18)19-12-6-8-14(9-7-12)20-13-4-2-11(16)3-5-13/h2-10H,16H2,1H3,(H,17,18). The fraction of sp³-hybridized carbons (Fsp3) is 0.133. The van der Waals surface area contributed by atoms with Crippen molar-refractivity contribution in [2.45, 2.75) is 13.0 Å². The first-order valence-electron chi connectivity index (χ1n) is 6.07. The zero-order chi connectivity index (χ0) is 14.5. The Morgan fingerprint density at radius 1 is 1.00 bits per heavy atom. The van der Waals surface area contributed by atoms with Crippen LogP contribution in [0.3, 0.4) is 0 Å². The number of nitrogen functional groups attached to an aromatic ring is 1. The second-order valence-electron chi connectivity index (χ2n) is 4.24. The monoisotopic (exact) mass is 273 g/mol. The fourth-order valence-electron chi connectivity index (χ4n) is 1.51. The average Bonchev–Trinajstić information content (AvgIpc) is 2.43. The molecule has 0 spiro atoms. The van der Waals surface area contributed by atoms with Gasteiger partial charge in [0.15, 0.2) is 6.10 Å². The molecule has 0 aliphatic heterocycles. The van der Waals surface area contributed by atoms with Gasteiger partial charge in [0.2, 0.25) is 0 Å². The minimum absolute atomic E-state index is 0.476. The molecule has 104 valence electrons. The second-order valence-corrected chi connectivity index (χ2v) is 4.24. The Bertz CT molecular complexity index is 578. The highest BCUT2D eigenvalue weighted by atomic mass is 16.5. The van der Waals surface area contributed by atoms with Gasteiger partial charge in [-0.1, -0.05) is 0 Å². The smallest absolute Gasteiger partial charge is 0.344 e. The summed E-state index contributed by atoms with van der Waals surface area (Å²) in [6.07, 6.45) is -0.890. The first-order valence-corrected chi connectivity index (χ1v) is 6.07. The molecule has 0 saturated heterocycles. The van der Waals surface area contributed by atoms with Crippen LogP contribution in [0.15, 0.2) is 48.5 Å². The summed E-state index contributed by atoms with van der Waals surface area (Å²) in [5.41, 5.74) is 6.26. The molecule has 1 atom stereocenters. The van der Waals surface area contributed by atoms with Gasteiger partial charge in [-0.3, -0.25) is 0 Å². The number of aliphatic carboxylic acids is 1. The highest BCUT2D eigenvalue weighted by molar-refractivity contribution is 5.72. The van der Waals surface area contributed by atoms with E-state index in [4.69, 9.17) is 20.3 Å². The highest BCUT2D eigenvalue weighted by Crippen LogP contribution is 2.24. The second kappa shape index (κ2) is 5.97. The van der Waals surface area contributed by atoms with Crippen LogP contribution in [0, 0.1) is 0 Å². The van der Waals surface area contributed by atoms with Crippen molar-refractivity contribution in [2.75, 3.05) is 5.73 Å². The normalized spacial score (nSPS) is 11.7. The van der Waals surface area contributed by atoms with Crippen LogP contribution in [-0.2, 0) is 4.79 Å². The molecule has 2 aromatic carbocycles. The number of anilines is 1. The van der Waals surface area contributed by atoms with E-state index < -0.39 is 12.1 Å². The van der Waals surface area contributed by atoms with Gasteiger partial charge >= 0.3 is 5.97 Å². The topological polar surface area (TPSA) is 81.8 Å². The summed E-state index contributed by atoms with van der Waals surface area (Å²) in [7, 11) is 0. The van der Waals surface area contributed by atoms with Crippen molar-refractivity contribution in [2.24, 2.45) is 0 Å². The Hall–Kier alpha value is -2.69. The molecule has 2 aromatic rings. The first-order chi connectivity index (χ1) is 9.54. The van der Waals surface area contributed by atoms with Gasteiger partial charge < -0.3 is 20.3 Å². The van der Waals surface area contributed by atoms with E-state index in [9.17, 15) is 4.79 Å². The molecule has 1 unspecified atom stereocenters. The van der Waals surface area contributed by atoms with Crippen LogP contribution < -0.4 is 15.2 Å². The molecule has 0 heterocycles. The van der Waals surface area contributed by atoms with Gasteiger partial charge in [0.05, 0.1) is 0 Å². The molecule has 2 rings (SSSR count). The van der Waals surface area contributed by atoms with Crippen LogP contribution in [-0.4, -0.2) is 17.2 Å². The molecular formula is C15H15NO4. The molecule has 0 radical (unpaired) electrons. The lowest BCUT2D eigenvalue weighted by molar-refractivity contribution is -0.144. The Kier molecular flexibility index (Phi) is 4.10. The maximum absolute atomic E-state index is 10.7. The fourth-order valence-corrected chi connectivity index (χ4v) is 1.51. The van der Waals surface area contributed by atoms with Gasteiger partial charge in [0, 0.05) is 5.69 Å². The van der Waals surface area contributed by atoms with E-state index in [1.165, 1.54) is 6.92 Å². The third kappa shape index (κ3) is 3.65. The zero-order valence-corrected chi connectivity index (χ0v) is 10.9. The molecule has 0 amide bonds. The third-order valence-electron chi connectivity index (χ3n) is 2.60. The maximum Gasteiger partial charge on any atom is 0.344 e. The number of hydrogen-bond acceptors (Lipinski definition) is 4. The lowest BCUT2D eigenvalue weighted by Gasteiger charge is -2.11. The van der Waals surface area contributed by atoms with Gasteiger partial charge in [-0.25, -0.2) is 4.79 Å². The molecule has 3 N–H and O–H groups in total. The molecule has 0 aromatic heterocycles. The summed E-state index contributed by atoms with van der Waals surface area (Å²) in [6.45, 7) is 1.47. The molecule has 20 heavy (non-hydrogen) atoms. The molecule has 0 aliphatic carbocycles. The predicted molar refractivity (Wildman–Crippen MR) is 75.1 cm³/mol. The van der Waals surface area contributed by atoms with Crippen LogP contribution in [0.25, 0.3) is 0 Å². The van der Waals surface area contributed by atoms with Crippen molar-refractivity contribution in [3.63, 3.8) is 0 Å². The number of nitrogens with two attached hydrogens (primary N) is 1. The van der Waals surface area contributed by atoms with Gasteiger partial charge in [-0.2, -0.15) is 0 Å². The van der Waals surface area contributed by atoms with E-state index >= 15 is 0 Å². The first kappa shape index (κ1) is 13.7. The van der Waals surface area contributed by atoms with E-state index in [2.05, 4.69) is 0 Å². The number of hydrogen-bond donors (Lipinski definition) is 2. The van der Waals surface area contributed by atoms with Crippen molar-refractivity contribution >= 4 is 11.7 Å². The summed E-state index contributed by atoms with van der Waals surface area (Å²) >= 11 is 0. The Morgan fingerprint density at radius 2 is 1.45 bits per heavy atom. The lowest BCUT2D eigenvalue weighted by Crippen LogP contribution is -2.22. The average molecular weight is 273 g/mol. The summed E-state index contributed by atoms with van der Waals surface area (Å²) in [5.74, 6) is 0.772. The minimum Gasteiger partial charge on any atom is -0.479 e. The van der Waals surface area contributed by atoms with Gasteiger partial charge in [-0.15, -0.1) is 0 Å².